The van der Waals surface area contributed by atoms with Gasteiger partial charge in [0, 0.05) is 22.7 Å². The molecule has 0 aromatic heterocycles. The lowest BCUT2D eigenvalue weighted by molar-refractivity contribution is 1.14. The van der Waals surface area contributed by atoms with Gasteiger partial charge in [-0.3, -0.25) is 0 Å². The molecule has 0 aliphatic rings. The van der Waals surface area contributed by atoms with Crippen molar-refractivity contribution in [1.29, 1.82) is 0 Å². The summed E-state index contributed by atoms with van der Waals surface area (Å²) in [5.74, 6) is 2.64. The van der Waals surface area contributed by atoms with Crippen molar-refractivity contribution in [3.63, 3.8) is 0 Å². The van der Waals surface area contributed by atoms with E-state index in [0.29, 0.717) is 0 Å². The summed E-state index contributed by atoms with van der Waals surface area (Å²) in [5.41, 5.74) is 3.22. The van der Waals surface area contributed by atoms with Crippen LogP contribution < -0.4 is 5.32 Å². The molecule has 1 N–H and O–H groups in total. The lowest BCUT2D eigenvalue weighted by Crippen LogP contribution is -1.99. The zero-order valence-corrected chi connectivity index (χ0v) is 11.1. The Morgan fingerprint density at radius 3 is 2.61 bits per heavy atom. The van der Waals surface area contributed by atoms with Crippen LogP contribution in [0.5, 0.6) is 0 Å². The summed E-state index contributed by atoms with van der Waals surface area (Å²) in [6, 6.07) is 16.5. The van der Waals surface area contributed by atoms with Gasteiger partial charge in [-0.05, 0) is 42.2 Å². The molecule has 0 saturated carbocycles. The van der Waals surface area contributed by atoms with Gasteiger partial charge in [0.2, 0.25) is 0 Å². The van der Waals surface area contributed by atoms with Crippen LogP contribution in [0.25, 0.3) is 0 Å². The van der Waals surface area contributed by atoms with E-state index in [1.165, 1.54) is 10.5 Å². The van der Waals surface area contributed by atoms with Crippen LogP contribution in [-0.4, -0.2) is 6.26 Å². The number of benzene rings is 2. The van der Waals surface area contributed by atoms with Gasteiger partial charge in [-0.15, -0.1) is 18.2 Å². The molecule has 0 spiro atoms. The molecule has 90 valence electrons. The van der Waals surface area contributed by atoms with Crippen LogP contribution in [0.2, 0.25) is 0 Å². The first-order chi connectivity index (χ1) is 8.81. The van der Waals surface area contributed by atoms with Crippen molar-refractivity contribution in [2.45, 2.75) is 11.4 Å². The Kier molecular flexibility index (Phi) is 4.33. The molecule has 2 aromatic rings. The summed E-state index contributed by atoms with van der Waals surface area (Å²) in [7, 11) is 0. The minimum absolute atomic E-state index is 0.808. The zero-order chi connectivity index (χ0) is 12.8. The average molecular weight is 253 g/mol. The molecule has 0 amide bonds. The van der Waals surface area contributed by atoms with Crippen molar-refractivity contribution in [3.05, 3.63) is 59.7 Å². The molecule has 2 rings (SSSR count). The molecule has 0 heterocycles. The maximum Gasteiger partial charge on any atom is 0.0400 e. The lowest BCUT2D eigenvalue weighted by atomic mass is 10.2. The number of nitrogens with one attached hydrogen (secondary N) is 1. The normalized spacial score (nSPS) is 9.78. The van der Waals surface area contributed by atoms with Crippen LogP contribution in [0.3, 0.4) is 0 Å². The Labute approximate surface area is 113 Å². The average Bonchev–Trinajstić information content (AvgIpc) is 2.46. The fourth-order valence-corrected chi connectivity index (χ4v) is 2.07. The molecule has 0 aliphatic carbocycles. The Morgan fingerprint density at radius 2 is 1.94 bits per heavy atom. The van der Waals surface area contributed by atoms with Crippen molar-refractivity contribution < 1.29 is 0 Å². The first kappa shape index (κ1) is 12.6. The van der Waals surface area contributed by atoms with E-state index < -0.39 is 0 Å². The highest BCUT2D eigenvalue weighted by molar-refractivity contribution is 7.98. The van der Waals surface area contributed by atoms with Crippen molar-refractivity contribution in [1.82, 2.24) is 0 Å². The third-order valence-corrected chi connectivity index (χ3v) is 3.43. The molecule has 18 heavy (non-hydrogen) atoms. The maximum absolute atomic E-state index is 5.38. The minimum Gasteiger partial charge on any atom is -0.381 e. The van der Waals surface area contributed by atoms with E-state index in [2.05, 4.69) is 41.8 Å². The van der Waals surface area contributed by atoms with E-state index in [1.807, 2.05) is 24.3 Å². The topological polar surface area (TPSA) is 12.0 Å². The molecule has 0 bridgehead atoms. The van der Waals surface area contributed by atoms with Gasteiger partial charge in [0.05, 0.1) is 0 Å². The van der Waals surface area contributed by atoms with E-state index in [1.54, 1.807) is 11.8 Å². The molecular formula is C16H15NS. The summed E-state index contributed by atoms with van der Waals surface area (Å²) in [6.45, 7) is 0.808. The van der Waals surface area contributed by atoms with Crippen LogP contribution in [0.15, 0.2) is 53.4 Å². The summed E-state index contributed by atoms with van der Waals surface area (Å²) in [6.07, 6.45) is 7.46. The van der Waals surface area contributed by atoms with Crippen molar-refractivity contribution >= 4 is 17.4 Å². The molecular weight excluding hydrogens is 238 g/mol. The Balaban J connectivity index is 2.00. The maximum atomic E-state index is 5.38. The quantitative estimate of drug-likeness (QED) is 0.653. The van der Waals surface area contributed by atoms with Crippen LogP contribution in [-0.2, 0) is 6.54 Å². The van der Waals surface area contributed by atoms with E-state index >= 15 is 0 Å². The van der Waals surface area contributed by atoms with Crippen LogP contribution >= 0.6 is 11.8 Å². The van der Waals surface area contributed by atoms with Crippen molar-refractivity contribution in [2.24, 2.45) is 0 Å². The fraction of sp³-hybridized carbons (Fsp3) is 0.125. The molecule has 0 fully saturated rings. The van der Waals surface area contributed by atoms with Gasteiger partial charge in [0.25, 0.3) is 0 Å². The highest BCUT2D eigenvalue weighted by Gasteiger charge is 1.96. The molecule has 0 aliphatic heterocycles. The molecule has 0 unspecified atom stereocenters. The van der Waals surface area contributed by atoms with Gasteiger partial charge < -0.3 is 5.32 Å². The molecule has 0 atom stereocenters. The standard InChI is InChI=1S/C16H15NS/c1-3-13-5-4-6-15(11-13)17-12-14-7-9-16(18-2)10-8-14/h1,4-11,17H,12H2,2H3. The van der Waals surface area contributed by atoms with Gasteiger partial charge in [-0.2, -0.15) is 0 Å². The van der Waals surface area contributed by atoms with Gasteiger partial charge in [-0.25, -0.2) is 0 Å². The van der Waals surface area contributed by atoms with Crippen molar-refractivity contribution in [3.8, 4) is 12.3 Å². The van der Waals surface area contributed by atoms with Gasteiger partial charge in [0.1, 0.15) is 0 Å². The van der Waals surface area contributed by atoms with Gasteiger partial charge in [0.15, 0.2) is 0 Å². The largest absolute Gasteiger partial charge is 0.381 e. The highest BCUT2D eigenvalue weighted by Crippen LogP contribution is 2.16. The Hall–Kier alpha value is -1.85. The Bertz CT molecular complexity index is 552. The Morgan fingerprint density at radius 1 is 1.17 bits per heavy atom. The second kappa shape index (κ2) is 6.18. The smallest absolute Gasteiger partial charge is 0.0400 e. The third kappa shape index (κ3) is 3.32. The van der Waals surface area contributed by atoms with Crippen LogP contribution in [0.4, 0.5) is 5.69 Å². The first-order valence-electron chi connectivity index (χ1n) is 5.75. The molecule has 0 radical (unpaired) electrons. The lowest BCUT2D eigenvalue weighted by Gasteiger charge is -2.07. The first-order valence-corrected chi connectivity index (χ1v) is 6.98. The van der Waals surface area contributed by atoms with E-state index in [-0.39, 0.29) is 0 Å². The van der Waals surface area contributed by atoms with Crippen LogP contribution in [0, 0.1) is 12.3 Å². The molecule has 2 heteroatoms. The molecule has 2 aromatic carbocycles. The number of hydrogen-bond acceptors (Lipinski definition) is 2. The second-order valence-corrected chi connectivity index (χ2v) is 4.81. The number of anilines is 1. The summed E-state index contributed by atoms with van der Waals surface area (Å²) in [5, 5.41) is 3.37. The molecule has 0 saturated heterocycles. The van der Waals surface area contributed by atoms with E-state index in [9.17, 15) is 0 Å². The number of thioether (sulfide) groups is 1. The fourth-order valence-electron chi connectivity index (χ4n) is 1.67. The monoisotopic (exact) mass is 253 g/mol. The highest BCUT2D eigenvalue weighted by atomic mass is 32.2. The number of terminal acetylenes is 1. The predicted molar refractivity (Wildman–Crippen MR) is 79.9 cm³/mol. The number of rotatable bonds is 4. The predicted octanol–water partition coefficient (Wildman–Crippen LogP) is 4.00. The summed E-state index contributed by atoms with van der Waals surface area (Å²) in [4.78, 5) is 1.29. The van der Waals surface area contributed by atoms with Gasteiger partial charge in [-0.1, -0.05) is 24.1 Å². The second-order valence-electron chi connectivity index (χ2n) is 3.93. The van der Waals surface area contributed by atoms with E-state index in [0.717, 1.165) is 17.8 Å². The zero-order valence-electron chi connectivity index (χ0n) is 10.3. The minimum atomic E-state index is 0.808. The summed E-state index contributed by atoms with van der Waals surface area (Å²) >= 11 is 1.75. The van der Waals surface area contributed by atoms with Crippen molar-refractivity contribution in [2.75, 3.05) is 11.6 Å². The summed E-state index contributed by atoms with van der Waals surface area (Å²) < 4.78 is 0. The van der Waals surface area contributed by atoms with Crippen LogP contribution in [0.1, 0.15) is 11.1 Å². The number of hydrogen-bond donors (Lipinski definition) is 1. The third-order valence-electron chi connectivity index (χ3n) is 2.68. The molecule has 1 nitrogen and oxygen atoms in total. The van der Waals surface area contributed by atoms with E-state index in [4.69, 9.17) is 6.42 Å². The SMILES string of the molecule is C#Cc1cccc(NCc2ccc(SC)cc2)c1. The van der Waals surface area contributed by atoms with Gasteiger partial charge >= 0.3 is 0 Å².